The lowest BCUT2D eigenvalue weighted by Crippen LogP contribution is -2.48. The summed E-state index contributed by atoms with van der Waals surface area (Å²) in [4.78, 5) is 23.9. The molecule has 3 rings (SSSR count). The van der Waals surface area contributed by atoms with Crippen LogP contribution in [0.4, 0.5) is 5.69 Å². The van der Waals surface area contributed by atoms with Crippen molar-refractivity contribution in [3.05, 3.63) is 40.2 Å². The fourth-order valence-electron chi connectivity index (χ4n) is 3.53. The van der Waals surface area contributed by atoms with Gasteiger partial charge in [-0.1, -0.05) is 25.7 Å². The number of nitrogens with zero attached hydrogens (tertiary/aromatic N) is 1. The van der Waals surface area contributed by atoms with Gasteiger partial charge in [-0.25, -0.2) is 4.79 Å². The summed E-state index contributed by atoms with van der Waals surface area (Å²) in [5.74, 6) is -0.209. The van der Waals surface area contributed by atoms with Gasteiger partial charge in [0.2, 0.25) is 5.91 Å². The molecule has 0 unspecified atom stereocenters. The van der Waals surface area contributed by atoms with Crippen molar-refractivity contribution in [2.24, 2.45) is 0 Å². The molecule has 6 heteroatoms. The Morgan fingerprint density at radius 1 is 1.23 bits per heavy atom. The largest absolute Gasteiger partial charge is 0.423 e. The molecule has 6 nitrogen and oxygen atoms in total. The molecule has 0 atom stereocenters. The Kier molecular flexibility index (Phi) is 5.27. The lowest BCUT2D eigenvalue weighted by molar-refractivity contribution is -0.120. The maximum absolute atomic E-state index is 12.3. The molecule has 1 aromatic carbocycles. The molecule has 136 valence electrons. The van der Waals surface area contributed by atoms with Crippen LogP contribution in [0, 0.1) is 18.3 Å². The highest BCUT2D eigenvalue weighted by atomic mass is 16.4. The van der Waals surface area contributed by atoms with Crippen molar-refractivity contribution in [3.8, 4) is 6.07 Å². The number of carbonyl (C=O) groups is 1. The van der Waals surface area contributed by atoms with Crippen molar-refractivity contribution < 1.29 is 9.21 Å². The van der Waals surface area contributed by atoms with Crippen molar-refractivity contribution in [1.82, 2.24) is 5.32 Å². The molecule has 26 heavy (non-hydrogen) atoms. The SMILES string of the molecule is Cc1cc(=O)oc2cc(NCC(=O)NC3(C#N)CCCCCC3)ccc12. The molecule has 0 spiro atoms. The van der Waals surface area contributed by atoms with E-state index in [1.54, 1.807) is 6.07 Å². The van der Waals surface area contributed by atoms with Gasteiger partial charge in [-0.2, -0.15) is 5.26 Å². The molecule has 1 aliphatic rings. The number of hydrogen-bond donors (Lipinski definition) is 2. The number of fused-ring (bicyclic) bond motifs is 1. The van der Waals surface area contributed by atoms with Crippen LogP contribution in [0.1, 0.15) is 44.1 Å². The van der Waals surface area contributed by atoms with Crippen molar-refractivity contribution >= 4 is 22.6 Å². The second kappa shape index (κ2) is 7.61. The normalized spacial score (nSPS) is 16.5. The maximum Gasteiger partial charge on any atom is 0.336 e. The molecule has 1 heterocycles. The van der Waals surface area contributed by atoms with E-state index in [1.807, 2.05) is 19.1 Å². The van der Waals surface area contributed by atoms with Gasteiger partial charge in [0.15, 0.2) is 0 Å². The zero-order chi connectivity index (χ0) is 18.6. The van der Waals surface area contributed by atoms with Crippen molar-refractivity contribution in [3.63, 3.8) is 0 Å². The Hall–Kier alpha value is -2.81. The van der Waals surface area contributed by atoms with E-state index >= 15 is 0 Å². The van der Waals surface area contributed by atoms with E-state index in [-0.39, 0.29) is 12.5 Å². The quantitative estimate of drug-likeness (QED) is 0.650. The molecule has 2 N–H and O–H groups in total. The molecule has 1 amide bonds. The number of benzene rings is 1. The summed E-state index contributed by atoms with van der Waals surface area (Å²) in [7, 11) is 0. The smallest absolute Gasteiger partial charge is 0.336 e. The summed E-state index contributed by atoms with van der Waals surface area (Å²) < 4.78 is 5.22. The molecule has 0 aliphatic heterocycles. The van der Waals surface area contributed by atoms with Gasteiger partial charge in [-0.15, -0.1) is 0 Å². The number of anilines is 1. The van der Waals surface area contributed by atoms with E-state index in [9.17, 15) is 14.9 Å². The van der Waals surface area contributed by atoms with Crippen LogP contribution < -0.4 is 16.3 Å². The Labute approximate surface area is 152 Å². The van der Waals surface area contributed by atoms with E-state index in [0.29, 0.717) is 24.1 Å². The summed E-state index contributed by atoms with van der Waals surface area (Å²) in [6, 6.07) is 9.18. The Balaban J connectivity index is 1.66. The Morgan fingerprint density at radius 2 is 1.96 bits per heavy atom. The first-order valence-electron chi connectivity index (χ1n) is 9.02. The van der Waals surface area contributed by atoms with Crippen molar-refractivity contribution in [2.75, 3.05) is 11.9 Å². The van der Waals surface area contributed by atoms with Crippen LogP contribution in [0.15, 0.2) is 33.5 Å². The van der Waals surface area contributed by atoms with Crippen LogP contribution in [0.5, 0.6) is 0 Å². The highest BCUT2D eigenvalue weighted by Crippen LogP contribution is 2.26. The number of amides is 1. The number of carbonyl (C=O) groups excluding carboxylic acids is 1. The minimum absolute atomic E-state index is 0.0605. The lowest BCUT2D eigenvalue weighted by Gasteiger charge is -2.26. The molecule has 1 aromatic heterocycles. The highest BCUT2D eigenvalue weighted by molar-refractivity contribution is 5.85. The maximum atomic E-state index is 12.3. The second-order valence-corrected chi connectivity index (χ2v) is 6.97. The van der Waals surface area contributed by atoms with Crippen molar-refractivity contribution in [1.29, 1.82) is 5.26 Å². The molecule has 1 fully saturated rings. The molecular weight excluding hydrogens is 330 g/mol. The predicted molar refractivity (Wildman–Crippen MR) is 99.9 cm³/mol. The summed E-state index contributed by atoms with van der Waals surface area (Å²) in [5.41, 5.74) is 0.882. The number of aryl methyl sites for hydroxylation is 1. The van der Waals surface area contributed by atoms with Gasteiger partial charge in [0.25, 0.3) is 0 Å². The van der Waals surface area contributed by atoms with Gasteiger partial charge in [-0.05, 0) is 37.5 Å². The van der Waals surface area contributed by atoms with Gasteiger partial charge < -0.3 is 15.1 Å². The standard InChI is InChI=1S/C20H23N3O3/c1-14-10-19(25)26-17-11-15(6-7-16(14)17)22-12-18(24)23-20(13-21)8-4-2-3-5-9-20/h6-7,10-11,22H,2-5,8-9,12H2,1H3,(H,23,24). The molecule has 0 radical (unpaired) electrons. The Morgan fingerprint density at radius 3 is 2.65 bits per heavy atom. The van der Waals surface area contributed by atoms with Gasteiger partial charge in [-0.3, -0.25) is 4.79 Å². The second-order valence-electron chi connectivity index (χ2n) is 6.97. The third-order valence-electron chi connectivity index (χ3n) is 4.95. The van der Waals surface area contributed by atoms with Gasteiger partial charge in [0.05, 0.1) is 12.6 Å². The monoisotopic (exact) mass is 353 g/mol. The van der Waals surface area contributed by atoms with Crippen LogP contribution in [-0.4, -0.2) is 18.0 Å². The fourth-order valence-corrected chi connectivity index (χ4v) is 3.53. The molecule has 2 aromatic rings. The summed E-state index contributed by atoms with van der Waals surface area (Å²) in [6.07, 6.45) is 5.55. The van der Waals surface area contributed by atoms with Crippen LogP contribution >= 0.6 is 0 Å². The first kappa shape index (κ1) is 18.0. The highest BCUT2D eigenvalue weighted by Gasteiger charge is 2.32. The number of nitrogens with one attached hydrogen (secondary N) is 2. The first-order valence-corrected chi connectivity index (χ1v) is 9.02. The zero-order valence-electron chi connectivity index (χ0n) is 14.9. The van der Waals surface area contributed by atoms with Crippen LogP contribution in [0.25, 0.3) is 11.0 Å². The first-order chi connectivity index (χ1) is 12.5. The summed E-state index contributed by atoms with van der Waals surface area (Å²) in [6.45, 7) is 1.92. The van der Waals surface area contributed by atoms with E-state index in [2.05, 4.69) is 16.7 Å². The zero-order valence-corrected chi connectivity index (χ0v) is 14.9. The predicted octanol–water partition coefficient (Wildman–Crippen LogP) is 3.25. The number of rotatable bonds is 4. The van der Waals surface area contributed by atoms with Gasteiger partial charge >= 0.3 is 5.63 Å². The van der Waals surface area contributed by atoms with Crippen LogP contribution in [0.2, 0.25) is 0 Å². The molecule has 1 saturated carbocycles. The van der Waals surface area contributed by atoms with E-state index < -0.39 is 11.2 Å². The third kappa shape index (κ3) is 4.05. The van der Waals surface area contributed by atoms with Crippen molar-refractivity contribution in [2.45, 2.75) is 51.0 Å². The van der Waals surface area contributed by atoms with E-state index in [0.717, 1.165) is 36.6 Å². The lowest BCUT2D eigenvalue weighted by atomic mass is 9.92. The van der Waals surface area contributed by atoms with Gasteiger partial charge in [0.1, 0.15) is 11.1 Å². The third-order valence-corrected chi connectivity index (χ3v) is 4.95. The molecule has 0 bridgehead atoms. The Bertz CT molecular complexity index is 903. The average Bonchev–Trinajstić information content (AvgIpc) is 2.85. The van der Waals surface area contributed by atoms with Crippen LogP contribution in [-0.2, 0) is 4.79 Å². The number of nitriles is 1. The number of hydrogen-bond acceptors (Lipinski definition) is 5. The summed E-state index contributed by atoms with van der Waals surface area (Å²) >= 11 is 0. The van der Waals surface area contributed by atoms with Crippen LogP contribution in [0.3, 0.4) is 0 Å². The topological polar surface area (TPSA) is 95.1 Å². The average molecular weight is 353 g/mol. The van der Waals surface area contributed by atoms with Gasteiger partial charge in [0, 0.05) is 23.2 Å². The minimum Gasteiger partial charge on any atom is -0.423 e. The minimum atomic E-state index is -0.747. The molecular formula is C20H23N3O3. The van der Waals surface area contributed by atoms with E-state index in [4.69, 9.17) is 4.42 Å². The molecule has 1 aliphatic carbocycles. The molecule has 0 saturated heterocycles. The summed E-state index contributed by atoms with van der Waals surface area (Å²) in [5, 5.41) is 16.4. The fraction of sp³-hybridized carbons (Fsp3) is 0.450. The van der Waals surface area contributed by atoms with E-state index in [1.165, 1.54) is 6.07 Å².